The molecule has 3 saturated carbocycles. The first-order valence-electron chi connectivity index (χ1n) is 13.0. The molecule has 174 valence electrons. The van der Waals surface area contributed by atoms with Gasteiger partial charge in [0, 0.05) is 29.8 Å². The van der Waals surface area contributed by atoms with Crippen LogP contribution >= 0.6 is 0 Å². The van der Waals surface area contributed by atoms with Crippen molar-refractivity contribution in [2.45, 2.75) is 71.4 Å². The molecule has 0 saturated heterocycles. The SMILES string of the molecule is CC(NC(=O)[C@H]1CC[C@H]2[C@@H]3CCC4n5ccnc5C=C[C@]4(C)[C@H]3CC[C@]12C)c1ccccc1. The van der Waals surface area contributed by atoms with Gasteiger partial charge in [0.2, 0.25) is 5.91 Å². The zero-order chi connectivity index (χ0) is 22.8. The average Bonchev–Trinajstić information content (AvgIpc) is 3.43. The minimum atomic E-state index is 0.0591. The summed E-state index contributed by atoms with van der Waals surface area (Å²) in [6.07, 6.45) is 16.0. The van der Waals surface area contributed by atoms with Crippen LogP contribution in [0.25, 0.3) is 6.08 Å². The molecule has 33 heavy (non-hydrogen) atoms. The molecule has 0 bridgehead atoms. The maximum atomic E-state index is 13.5. The molecule has 2 unspecified atom stereocenters. The highest BCUT2D eigenvalue weighted by Crippen LogP contribution is 2.67. The third-order valence-electron chi connectivity index (χ3n) is 10.3. The van der Waals surface area contributed by atoms with Crippen LogP contribution in [0.15, 0.2) is 48.8 Å². The lowest BCUT2D eigenvalue weighted by atomic mass is 9.48. The van der Waals surface area contributed by atoms with Crippen LogP contribution in [0.4, 0.5) is 0 Å². The summed E-state index contributed by atoms with van der Waals surface area (Å²) in [4.78, 5) is 18.1. The first-order chi connectivity index (χ1) is 15.9. The molecule has 1 aromatic heterocycles. The lowest BCUT2D eigenvalue weighted by Crippen LogP contribution is -2.53. The van der Waals surface area contributed by atoms with E-state index in [9.17, 15) is 4.79 Å². The number of carbonyl (C=O) groups excluding carboxylic acids is 1. The lowest BCUT2D eigenvalue weighted by Gasteiger charge is -2.59. The van der Waals surface area contributed by atoms with Gasteiger partial charge in [-0.15, -0.1) is 0 Å². The van der Waals surface area contributed by atoms with Crippen molar-refractivity contribution in [3.8, 4) is 0 Å². The number of benzene rings is 1. The van der Waals surface area contributed by atoms with Gasteiger partial charge in [-0.05, 0) is 80.3 Å². The third-order valence-corrected chi connectivity index (χ3v) is 10.3. The molecule has 1 aromatic carbocycles. The van der Waals surface area contributed by atoms with Gasteiger partial charge < -0.3 is 9.88 Å². The van der Waals surface area contributed by atoms with Gasteiger partial charge in [-0.2, -0.15) is 0 Å². The maximum absolute atomic E-state index is 13.5. The molecule has 2 heterocycles. The molecule has 6 rings (SSSR count). The Morgan fingerprint density at radius 1 is 1.09 bits per heavy atom. The van der Waals surface area contributed by atoms with Crippen LogP contribution in [0.2, 0.25) is 0 Å². The van der Waals surface area contributed by atoms with Crippen molar-refractivity contribution in [1.29, 1.82) is 0 Å². The standard InChI is InChI=1S/C29H37N3O/c1-19(20-7-5-4-6-8-20)31-27(33)24-11-10-22-21-9-12-25-29(3,23(21)13-15-28(22,24)2)16-14-26-30-17-18-32(25)26/h4-8,14,16-19,21-25H,9-13,15H2,1-3H3,(H,31,33)/t19?,21-,22-,23-,24+,25?,28-,29+/m0/s1. The van der Waals surface area contributed by atoms with Crippen molar-refractivity contribution < 1.29 is 4.79 Å². The smallest absolute Gasteiger partial charge is 0.224 e. The number of carbonyl (C=O) groups is 1. The molecule has 4 nitrogen and oxygen atoms in total. The number of nitrogens with one attached hydrogen (secondary N) is 1. The molecule has 2 aromatic rings. The lowest BCUT2D eigenvalue weighted by molar-refractivity contribution is -0.133. The summed E-state index contributed by atoms with van der Waals surface area (Å²) in [5.41, 5.74) is 1.51. The van der Waals surface area contributed by atoms with E-state index in [-0.39, 0.29) is 28.7 Å². The first kappa shape index (κ1) is 21.2. The number of aromatic nitrogens is 2. The van der Waals surface area contributed by atoms with Crippen LogP contribution in [-0.4, -0.2) is 15.5 Å². The van der Waals surface area contributed by atoms with Crippen LogP contribution in [0.1, 0.15) is 82.8 Å². The Labute approximate surface area is 197 Å². The molecule has 3 fully saturated rings. The number of fused-ring (bicyclic) bond motifs is 7. The van der Waals surface area contributed by atoms with Crippen LogP contribution in [0.5, 0.6) is 0 Å². The summed E-state index contributed by atoms with van der Waals surface area (Å²) in [7, 11) is 0. The number of imidazole rings is 1. The highest BCUT2D eigenvalue weighted by Gasteiger charge is 2.61. The Morgan fingerprint density at radius 3 is 2.73 bits per heavy atom. The molecule has 1 amide bonds. The second kappa shape index (κ2) is 7.58. The number of nitrogens with zero attached hydrogens (tertiary/aromatic N) is 2. The Balaban J connectivity index is 1.22. The molecule has 1 N–H and O–H groups in total. The number of hydrogen-bond donors (Lipinski definition) is 1. The van der Waals surface area contributed by atoms with Crippen LogP contribution < -0.4 is 5.32 Å². The fraction of sp³-hybridized carbons (Fsp3) is 0.586. The van der Waals surface area contributed by atoms with Crippen molar-refractivity contribution in [2.75, 3.05) is 0 Å². The van der Waals surface area contributed by atoms with E-state index in [1.807, 2.05) is 12.3 Å². The van der Waals surface area contributed by atoms with E-state index in [1.165, 1.54) is 37.7 Å². The molecule has 0 spiro atoms. The van der Waals surface area contributed by atoms with Gasteiger partial charge >= 0.3 is 0 Å². The highest BCUT2D eigenvalue weighted by atomic mass is 16.2. The van der Waals surface area contributed by atoms with Crippen molar-refractivity contribution in [3.05, 3.63) is 60.2 Å². The molecule has 4 aliphatic rings. The quantitative estimate of drug-likeness (QED) is 0.615. The van der Waals surface area contributed by atoms with E-state index < -0.39 is 0 Å². The van der Waals surface area contributed by atoms with E-state index in [4.69, 9.17) is 0 Å². The molecular weight excluding hydrogens is 406 g/mol. The average molecular weight is 444 g/mol. The monoisotopic (exact) mass is 443 g/mol. The predicted molar refractivity (Wildman–Crippen MR) is 131 cm³/mol. The van der Waals surface area contributed by atoms with E-state index in [0.717, 1.165) is 18.2 Å². The zero-order valence-corrected chi connectivity index (χ0v) is 20.2. The topological polar surface area (TPSA) is 46.9 Å². The number of allylic oxidation sites excluding steroid dienone is 1. The molecular formula is C29H37N3O. The Hall–Kier alpha value is -2.36. The van der Waals surface area contributed by atoms with Gasteiger partial charge in [0.1, 0.15) is 5.82 Å². The summed E-state index contributed by atoms with van der Waals surface area (Å²) >= 11 is 0. The summed E-state index contributed by atoms with van der Waals surface area (Å²) < 4.78 is 2.43. The first-order valence-corrected chi connectivity index (χ1v) is 13.0. The largest absolute Gasteiger partial charge is 0.349 e. The van der Waals surface area contributed by atoms with Crippen molar-refractivity contribution in [3.63, 3.8) is 0 Å². The summed E-state index contributed by atoms with van der Waals surface area (Å²) in [6.45, 7) is 7.05. The second-order valence-corrected chi connectivity index (χ2v) is 11.7. The minimum Gasteiger partial charge on any atom is -0.349 e. The molecule has 3 aliphatic carbocycles. The van der Waals surface area contributed by atoms with Crippen molar-refractivity contribution >= 4 is 12.0 Å². The minimum absolute atomic E-state index is 0.0591. The highest BCUT2D eigenvalue weighted by molar-refractivity contribution is 5.80. The third kappa shape index (κ3) is 3.09. The Morgan fingerprint density at radius 2 is 1.91 bits per heavy atom. The van der Waals surface area contributed by atoms with Gasteiger partial charge in [-0.3, -0.25) is 4.79 Å². The maximum Gasteiger partial charge on any atom is 0.224 e. The Kier molecular flexibility index (Phi) is 4.87. The fourth-order valence-corrected chi connectivity index (χ4v) is 8.59. The second-order valence-electron chi connectivity index (χ2n) is 11.7. The number of amides is 1. The van der Waals surface area contributed by atoms with Gasteiger partial charge in [0.05, 0.1) is 6.04 Å². The molecule has 0 radical (unpaired) electrons. The molecule has 1 aliphatic heterocycles. The number of rotatable bonds is 3. The van der Waals surface area contributed by atoms with Crippen molar-refractivity contribution in [2.24, 2.45) is 34.5 Å². The normalized spacial score (nSPS) is 39.7. The van der Waals surface area contributed by atoms with Gasteiger partial charge in [0.25, 0.3) is 0 Å². The van der Waals surface area contributed by atoms with Crippen molar-refractivity contribution in [1.82, 2.24) is 14.9 Å². The number of hydrogen-bond acceptors (Lipinski definition) is 2. The van der Waals surface area contributed by atoms with Crippen LogP contribution in [0.3, 0.4) is 0 Å². The Bertz CT molecular complexity index is 1070. The van der Waals surface area contributed by atoms with E-state index >= 15 is 0 Å². The summed E-state index contributed by atoms with van der Waals surface area (Å²) in [5, 5.41) is 3.37. The van der Waals surface area contributed by atoms with Gasteiger partial charge in [-0.25, -0.2) is 4.98 Å². The van der Waals surface area contributed by atoms with Crippen LogP contribution in [0, 0.1) is 34.5 Å². The summed E-state index contributed by atoms with van der Waals surface area (Å²) in [5.74, 6) is 3.61. The van der Waals surface area contributed by atoms with Gasteiger partial charge in [-0.1, -0.05) is 50.3 Å². The van der Waals surface area contributed by atoms with Gasteiger partial charge in [0.15, 0.2) is 0 Å². The fourth-order valence-electron chi connectivity index (χ4n) is 8.59. The zero-order valence-electron chi connectivity index (χ0n) is 20.2. The predicted octanol–water partition coefficient (Wildman–Crippen LogP) is 6.19. The van der Waals surface area contributed by atoms with Crippen LogP contribution in [-0.2, 0) is 4.79 Å². The van der Waals surface area contributed by atoms with E-state index in [1.54, 1.807) is 0 Å². The van der Waals surface area contributed by atoms with E-state index in [0.29, 0.717) is 17.9 Å². The molecule has 8 atom stereocenters. The molecule has 4 heteroatoms. The van der Waals surface area contributed by atoms with E-state index in [2.05, 4.69) is 78.3 Å². The summed E-state index contributed by atoms with van der Waals surface area (Å²) in [6, 6.07) is 10.9.